The Morgan fingerprint density at radius 3 is 2.83 bits per heavy atom. The average molecular weight is 469 g/mol. The number of amides is 4. The Kier molecular flexibility index (Phi) is 5.58. The molecule has 4 amide bonds. The summed E-state index contributed by atoms with van der Waals surface area (Å²) in [4.78, 5) is 68.5. The molecular weight excluding hydrogens is 450 g/mol. The van der Waals surface area contributed by atoms with Crippen molar-refractivity contribution in [2.24, 2.45) is 0 Å². The van der Waals surface area contributed by atoms with Crippen LogP contribution in [0.2, 0.25) is 0 Å². The molecule has 0 spiro atoms. The molecule has 174 valence electrons. The summed E-state index contributed by atoms with van der Waals surface area (Å²) < 4.78 is 0. The molecule has 1 saturated heterocycles. The summed E-state index contributed by atoms with van der Waals surface area (Å²) in [5.41, 5.74) is 2.80. The van der Waals surface area contributed by atoms with Crippen molar-refractivity contribution in [3.63, 3.8) is 0 Å². The number of rotatable bonds is 3. The van der Waals surface area contributed by atoms with Gasteiger partial charge in [-0.1, -0.05) is 18.1 Å². The average Bonchev–Trinajstić information content (AvgIpc) is 3.17. The van der Waals surface area contributed by atoms with Crippen LogP contribution in [0.3, 0.4) is 0 Å². The summed E-state index contributed by atoms with van der Waals surface area (Å²) in [7, 11) is 0. The minimum absolute atomic E-state index is 0.196. The zero-order valence-electron chi connectivity index (χ0n) is 18.4. The number of carbonyl (C=O) groups is 4. The molecule has 1 atom stereocenters. The molecule has 35 heavy (non-hydrogen) atoms. The summed E-state index contributed by atoms with van der Waals surface area (Å²) in [6.45, 7) is 0.465. The molecule has 10 heteroatoms. The van der Waals surface area contributed by atoms with E-state index in [1.54, 1.807) is 30.3 Å². The first-order valence-corrected chi connectivity index (χ1v) is 10.9. The first-order valence-electron chi connectivity index (χ1n) is 10.9. The van der Waals surface area contributed by atoms with E-state index in [0.717, 1.165) is 11.1 Å². The first-order chi connectivity index (χ1) is 16.9. The van der Waals surface area contributed by atoms with Crippen molar-refractivity contribution < 1.29 is 19.2 Å². The lowest BCUT2D eigenvalue weighted by molar-refractivity contribution is -0.137. The summed E-state index contributed by atoms with van der Waals surface area (Å²) >= 11 is 0. The van der Waals surface area contributed by atoms with Crippen molar-refractivity contribution in [2.45, 2.75) is 32.0 Å². The molecule has 3 aromatic rings. The van der Waals surface area contributed by atoms with Crippen LogP contribution in [0, 0.1) is 11.8 Å². The van der Waals surface area contributed by atoms with Gasteiger partial charge in [-0.15, -0.1) is 0 Å². The first kappa shape index (κ1) is 22.0. The number of benzene rings is 2. The fourth-order valence-electron chi connectivity index (χ4n) is 4.24. The second kappa shape index (κ2) is 8.87. The van der Waals surface area contributed by atoms with Crippen molar-refractivity contribution in [1.82, 2.24) is 25.5 Å². The fraction of sp³-hybridized carbons (Fsp3) is 0.200. The molecule has 2 aliphatic heterocycles. The van der Waals surface area contributed by atoms with Gasteiger partial charge in [0.1, 0.15) is 6.04 Å². The summed E-state index contributed by atoms with van der Waals surface area (Å²) in [5, 5.41) is 5.38. The zero-order chi connectivity index (χ0) is 24.5. The van der Waals surface area contributed by atoms with E-state index in [1.165, 1.54) is 11.2 Å². The van der Waals surface area contributed by atoms with E-state index in [4.69, 9.17) is 0 Å². The third-order valence-corrected chi connectivity index (χ3v) is 6.00. The highest BCUT2D eigenvalue weighted by Crippen LogP contribution is 2.28. The molecule has 0 radical (unpaired) electrons. The van der Waals surface area contributed by atoms with Gasteiger partial charge < -0.3 is 15.2 Å². The number of nitrogens with zero attached hydrogens (tertiary/aromatic N) is 2. The topological polar surface area (TPSA) is 141 Å². The molecule has 1 aromatic heterocycles. The number of aromatic amines is 1. The van der Waals surface area contributed by atoms with E-state index < -0.39 is 17.9 Å². The molecule has 5 rings (SSSR count). The maximum Gasteiger partial charge on any atom is 0.296 e. The maximum absolute atomic E-state index is 12.8. The molecule has 1 fully saturated rings. The minimum Gasteiger partial charge on any atom is -0.341 e. The Balaban J connectivity index is 1.23. The predicted octanol–water partition coefficient (Wildman–Crippen LogP) is 0.352. The Bertz CT molecular complexity index is 1530. The lowest BCUT2D eigenvalue weighted by atomic mass is 10.0. The highest BCUT2D eigenvalue weighted by Gasteiger charge is 2.39. The quantitative estimate of drug-likeness (QED) is 0.373. The second-order valence-electron chi connectivity index (χ2n) is 8.29. The third-order valence-electron chi connectivity index (χ3n) is 6.00. The summed E-state index contributed by atoms with van der Waals surface area (Å²) in [6.07, 6.45) is 1.82. The van der Waals surface area contributed by atoms with E-state index in [2.05, 4.69) is 32.4 Å². The molecule has 1 unspecified atom stereocenters. The molecule has 2 aliphatic rings. The van der Waals surface area contributed by atoms with Gasteiger partial charge in [-0.3, -0.25) is 29.3 Å². The number of nitrogens with one attached hydrogen (secondary N) is 3. The monoisotopic (exact) mass is 469 g/mol. The van der Waals surface area contributed by atoms with Gasteiger partial charge in [-0.25, -0.2) is 4.98 Å². The van der Waals surface area contributed by atoms with Gasteiger partial charge in [0, 0.05) is 36.6 Å². The standard InChI is InChI=1S/C25H19N5O5/c31-21(7-3-14-2-5-19-18(10-14)23(33)28-13-27-19)26-11-15-1-4-17-16(9-15)12-30(25(17)35)20-6-8-22(32)29-24(20)34/h1-2,4-5,9-10,13,20H,6,8,11-12H2,(H,26,31)(H,27,28,33)(H,29,32,34). The van der Waals surface area contributed by atoms with Gasteiger partial charge in [0.05, 0.1) is 17.2 Å². The van der Waals surface area contributed by atoms with Crippen LogP contribution in [-0.2, 0) is 27.5 Å². The van der Waals surface area contributed by atoms with Crippen molar-refractivity contribution in [3.8, 4) is 11.8 Å². The number of fused-ring (bicyclic) bond motifs is 2. The summed E-state index contributed by atoms with van der Waals surface area (Å²) in [6, 6.07) is 9.48. The number of hydrogen-bond donors (Lipinski definition) is 3. The van der Waals surface area contributed by atoms with Gasteiger partial charge >= 0.3 is 0 Å². The number of piperidine rings is 1. The van der Waals surface area contributed by atoms with Crippen LogP contribution in [0.1, 0.15) is 39.9 Å². The van der Waals surface area contributed by atoms with E-state index in [1.807, 2.05) is 6.07 Å². The van der Waals surface area contributed by atoms with Crippen LogP contribution >= 0.6 is 0 Å². The SMILES string of the molecule is O=C(C#Cc1ccc2nc[nH]c(=O)c2c1)NCc1ccc2c(c1)CN(C1CCC(=O)NC1=O)C2=O. The van der Waals surface area contributed by atoms with Gasteiger partial charge in [0.25, 0.3) is 17.4 Å². The fourth-order valence-corrected chi connectivity index (χ4v) is 4.24. The molecule has 2 aromatic carbocycles. The van der Waals surface area contributed by atoms with Crippen LogP contribution in [0.5, 0.6) is 0 Å². The zero-order valence-corrected chi connectivity index (χ0v) is 18.4. The molecular formula is C25H19N5O5. The van der Waals surface area contributed by atoms with Gasteiger partial charge in [-0.2, -0.15) is 0 Å². The molecule has 3 N–H and O–H groups in total. The van der Waals surface area contributed by atoms with Crippen LogP contribution in [0.25, 0.3) is 10.9 Å². The highest BCUT2D eigenvalue weighted by atomic mass is 16.2. The number of H-pyrrole nitrogens is 1. The lowest BCUT2D eigenvalue weighted by Gasteiger charge is -2.29. The minimum atomic E-state index is -0.674. The third kappa shape index (κ3) is 4.39. The summed E-state index contributed by atoms with van der Waals surface area (Å²) in [5.74, 6) is 3.71. The smallest absolute Gasteiger partial charge is 0.296 e. The molecule has 0 bridgehead atoms. The van der Waals surface area contributed by atoms with Crippen molar-refractivity contribution in [2.75, 3.05) is 0 Å². The maximum atomic E-state index is 12.8. The second-order valence-corrected chi connectivity index (χ2v) is 8.29. The predicted molar refractivity (Wildman–Crippen MR) is 124 cm³/mol. The number of imide groups is 1. The molecule has 0 aliphatic carbocycles. The van der Waals surface area contributed by atoms with Gasteiger partial charge in [0.2, 0.25) is 11.8 Å². The normalized spacial score (nSPS) is 17.0. The van der Waals surface area contributed by atoms with Crippen LogP contribution < -0.4 is 16.2 Å². The number of carbonyl (C=O) groups excluding carboxylic acids is 4. The van der Waals surface area contributed by atoms with Gasteiger partial charge in [0.15, 0.2) is 0 Å². The molecule has 3 heterocycles. The largest absolute Gasteiger partial charge is 0.341 e. The molecule has 10 nitrogen and oxygen atoms in total. The van der Waals surface area contributed by atoms with Crippen LogP contribution in [-0.4, -0.2) is 44.5 Å². The number of hydrogen-bond acceptors (Lipinski definition) is 6. The van der Waals surface area contributed by atoms with Crippen LogP contribution in [0.15, 0.2) is 47.5 Å². The Labute approximate surface area is 198 Å². The Morgan fingerprint density at radius 2 is 2.00 bits per heavy atom. The Hall–Kier alpha value is -4.78. The van der Waals surface area contributed by atoms with E-state index in [-0.39, 0.29) is 36.9 Å². The van der Waals surface area contributed by atoms with Crippen molar-refractivity contribution in [1.29, 1.82) is 0 Å². The van der Waals surface area contributed by atoms with Crippen molar-refractivity contribution >= 4 is 34.5 Å². The van der Waals surface area contributed by atoms with E-state index in [0.29, 0.717) is 28.5 Å². The molecule has 0 saturated carbocycles. The van der Waals surface area contributed by atoms with E-state index >= 15 is 0 Å². The van der Waals surface area contributed by atoms with E-state index in [9.17, 15) is 24.0 Å². The lowest BCUT2D eigenvalue weighted by Crippen LogP contribution is -2.52. The van der Waals surface area contributed by atoms with Gasteiger partial charge in [-0.05, 0) is 41.8 Å². The van der Waals surface area contributed by atoms with Crippen molar-refractivity contribution in [3.05, 3.63) is 75.3 Å². The number of aromatic nitrogens is 2. The highest BCUT2D eigenvalue weighted by molar-refractivity contribution is 6.05. The Morgan fingerprint density at radius 1 is 1.14 bits per heavy atom. The van der Waals surface area contributed by atoms with Crippen LogP contribution in [0.4, 0.5) is 0 Å².